The normalized spacial score (nSPS) is 10.1. The third kappa shape index (κ3) is 4.27. The van der Waals surface area contributed by atoms with Gasteiger partial charge in [-0.25, -0.2) is 9.18 Å². The van der Waals surface area contributed by atoms with E-state index in [2.05, 4.69) is 15.8 Å². The van der Waals surface area contributed by atoms with Gasteiger partial charge in [0, 0.05) is 29.4 Å². The summed E-state index contributed by atoms with van der Waals surface area (Å²) in [7, 11) is 2.43. The zero-order chi connectivity index (χ0) is 17.7. The molecule has 0 spiro atoms. The maximum atomic E-state index is 14.3. The molecule has 0 bridgehead atoms. The fraction of sp³-hybridized carbons (Fsp3) is 0.111. The maximum absolute atomic E-state index is 14.3. The van der Waals surface area contributed by atoms with Gasteiger partial charge in [0.2, 0.25) is 0 Å². The Bertz CT molecular complexity index is 802. The van der Waals surface area contributed by atoms with E-state index in [1.54, 1.807) is 25.1 Å². The molecule has 2 rings (SSSR count). The van der Waals surface area contributed by atoms with E-state index in [1.165, 1.54) is 12.1 Å². The molecule has 0 N–H and O–H groups in total. The molecule has 0 aliphatic heterocycles. The van der Waals surface area contributed by atoms with Crippen molar-refractivity contribution in [3.63, 3.8) is 0 Å². The van der Waals surface area contributed by atoms with Crippen LogP contribution in [0.15, 0.2) is 49.1 Å². The van der Waals surface area contributed by atoms with Crippen LogP contribution in [0.4, 0.5) is 4.39 Å². The fourth-order valence-electron chi connectivity index (χ4n) is 1.96. The van der Waals surface area contributed by atoms with E-state index in [1.807, 2.05) is 0 Å². The van der Waals surface area contributed by atoms with Gasteiger partial charge in [-0.05, 0) is 29.8 Å². The van der Waals surface area contributed by atoms with E-state index in [0.29, 0.717) is 22.2 Å². The van der Waals surface area contributed by atoms with Gasteiger partial charge in [-0.2, -0.15) is 0 Å². The molecule has 24 heavy (non-hydrogen) atoms. The SMILES string of the molecule is C=CC(=O)Oc1ccc(-c2ccc(OC(=O)CC)cc2F)cc1P. The summed E-state index contributed by atoms with van der Waals surface area (Å²) in [5, 5.41) is 0.601. The second kappa shape index (κ2) is 7.84. The van der Waals surface area contributed by atoms with Gasteiger partial charge < -0.3 is 9.47 Å². The average Bonchev–Trinajstić information content (AvgIpc) is 2.56. The average molecular weight is 346 g/mol. The van der Waals surface area contributed by atoms with Gasteiger partial charge in [0.15, 0.2) is 0 Å². The highest BCUT2D eigenvalue weighted by atomic mass is 31.0. The van der Waals surface area contributed by atoms with Crippen LogP contribution in [-0.2, 0) is 9.59 Å². The van der Waals surface area contributed by atoms with Crippen LogP contribution in [0.25, 0.3) is 11.1 Å². The molecule has 0 heterocycles. The lowest BCUT2D eigenvalue weighted by Crippen LogP contribution is -2.09. The summed E-state index contributed by atoms with van der Waals surface area (Å²) in [6.45, 7) is 4.99. The Kier molecular flexibility index (Phi) is 5.83. The molecule has 0 saturated heterocycles. The van der Waals surface area contributed by atoms with Crippen molar-refractivity contribution in [3.05, 3.63) is 54.9 Å². The largest absolute Gasteiger partial charge is 0.426 e. The third-order valence-electron chi connectivity index (χ3n) is 3.16. The minimum atomic E-state index is -0.570. The van der Waals surface area contributed by atoms with Crippen LogP contribution in [0.1, 0.15) is 13.3 Å². The number of hydrogen-bond donors (Lipinski definition) is 0. The van der Waals surface area contributed by atoms with Crippen LogP contribution in [-0.4, -0.2) is 11.9 Å². The fourth-order valence-corrected chi connectivity index (χ4v) is 2.29. The van der Waals surface area contributed by atoms with Crippen molar-refractivity contribution in [1.29, 1.82) is 0 Å². The molecule has 1 unspecified atom stereocenters. The first-order valence-corrected chi connectivity index (χ1v) is 7.76. The summed E-state index contributed by atoms with van der Waals surface area (Å²) >= 11 is 0. The molecular weight excluding hydrogens is 330 g/mol. The minimum absolute atomic E-state index is 0.158. The zero-order valence-electron chi connectivity index (χ0n) is 13.0. The Balaban J connectivity index is 2.28. The van der Waals surface area contributed by atoms with E-state index >= 15 is 0 Å². The number of hydrogen-bond acceptors (Lipinski definition) is 4. The van der Waals surface area contributed by atoms with Crippen molar-refractivity contribution < 1.29 is 23.5 Å². The molecule has 0 aliphatic rings. The van der Waals surface area contributed by atoms with E-state index in [4.69, 9.17) is 9.47 Å². The third-order valence-corrected chi connectivity index (χ3v) is 3.61. The van der Waals surface area contributed by atoms with E-state index in [9.17, 15) is 14.0 Å². The molecule has 1 atom stereocenters. The van der Waals surface area contributed by atoms with Crippen LogP contribution in [0.3, 0.4) is 0 Å². The molecule has 0 radical (unpaired) electrons. The smallest absolute Gasteiger partial charge is 0.335 e. The van der Waals surface area contributed by atoms with E-state index in [-0.39, 0.29) is 12.2 Å². The minimum Gasteiger partial charge on any atom is -0.426 e. The van der Waals surface area contributed by atoms with Crippen molar-refractivity contribution >= 4 is 26.5 Å². The summed E-state index contributed by atoms with van der Waals surface area (Å²) in [5.41, 5.74) is 0.945. The van der Waals surface area contributed by atoms with Crippen molar-refractivity contribution in [3.8, 4) is 22.6 Å². The van der Waals surface area contributed by atoms with Gasteiger partial charge in [-0.15, -0.1) is 9.24 Å². The molecule has 0 aromatic heterocycles. The first-order valence-electron chi connectivity index (χ1n) is 7.19. The van der Waals surface area contributed by atoms with Gasteiger partial charge in [-0.1, -0.05) is 19.6 Å². The van der Waals surface area contributed by atoms with Crippen LogP contribution < -0.4 is 14.8 Å². The van der Waals surface area contributed by atoms with Crippen molar-refractivity contribution in [2.24, 2.45) is 0 Å². The first-order chi connectivity index (χ1) is 11.4. The number of carbonyl (C=O) groups is 2. The molecule has 0 aliphatic carbocycles. The number of carbonyl (C=O) groups excluding carboxylic acids is 2. The van der Waals surface area contributed by atoms with Crippen LogP contribution in [0.2, 0.25) is 0 Å². The summed E-state index contributed by atoms with van der Waals surface area (Å²) < 4.78 is 24.3. The number of ether oxygens (including phenoxy) is 2. The van der Waals surface area contributed by atoms with Gasteiger partial charge in [0.25, 0.3) is 0 Å². The second-order valence-corrected chi connectivity index (χ2v) is 5.47. The number of benzene rings is 2. The molecule has 2 aromatic carbocycles. The summed E-state index contributed by atoms with van der Waals surface area (Å²) in [6.07, 6.45) is 1.28. The molecule has 124 valence electrons. The predicted octanol–water partition coefficient (Wildman–Crippen LogP) is 3.40. The molecular formula is C18H16FO4P. The Labute approximate surface area is 141 Å². The lowest BCUT2D eigenvalue weighted by Gasteiger charge is -2.10. The van der Waals surface area contributed by atoms with Crippen molar-refractivity contribution in [2.75, 3.05) is 0 Å². The highest BCUT2D eigenvalue weighted by Crippen LogP contribution is 2.28. The summed E-state index contributed by atoms with van der Waals surface area (Å²) in [5.74, 6) is -1.01. The van der Waals surface area contributed by atoms with Crippen LogP contribution in [0, 0.1) is 5.82 Å². The van der Waals surface area contributed by atoms with Gasteiger partial charge >= 0.3 is 11.9 Å². The monoisotopic (exact) mass is 346 g/mol. The summed E-state index contributed by atoms with van der Waals surface area (Å²) in [6, 6.07) is 9.10. The predicted molar refractivity (Wildman–Crippen MR) is 92.9 cm³/mol. The molecule has 0 fully saturated rings. The lowest BCUT2D eigenvalue weighted by molar-refractivity contribution is -0.134. The van der Waals surface area contributed by atoms with Crippen molar-refractivity contribution in [2.45, 2.75) is 13.3 Å². The number of esters is 2. The quantitative estimate of drug-likeness (QED) is 0.360. The highest BCUT2D eigenvalue weighted by Gasteiger charge is 2.11. The molecule has 2 aromatic rings. The van der Waals surface area contributed by atoms with Gasteiger partial charge in [-0.3, -0.25) is 4.79 Å². The van der Waals surface area contributed by atoms with E-state index in [0.717, 1.165) is 12.1 Å². The second-order valence-electron chi connectivity index (χ2n) is 4.85. The Morgan fingerprint density at radius 3 is 2.54 bits per heavy atom. The number of rotatable bonds is 5. The molecule has 0 saturated carbocycles. The Morgan fingerprint density at radius 2 is 1.96 bits per heavy atom. The van der Waals surface area contributed by atoms with Crippen LogP contribution in [0.5, 0.6) is 11.5 Å². The standard InChI is InChI=1S/C18H16FO4P/c1-3-17(20)22-12-6-7-13(14(19)10-12)11-5-8-15(16(24)9-11)23-18(21)4-2/h4-10H,2-3,24H2,1H3. The zero-order valence-corrected chi connectivity index (χ0v) is 14.2. The molecule has 6 heteroatoms. The van der Waals surface area contributed by atoms with Gasteiger partial charge in [0.05, 0.1) is 0 Å². The molecule has 4 nitrogen and oxygen atoms in total. The highest BCUT2D eigenvalue weighted by molar-refractivity contribution is 7.27. The van der Waals surface area contributed by atoms with E-state index < -0.39 is 17.8 Å². The van der Waals surface area contributed by atoms with Gasteiger partial charge in [0.1, 0.15) is 17.3 Å². The summed E-state index contributed by atoms with van der Waals surface area (Å²) in [4.78, 5) is 22.5. The maximum Gasteiger partial charge on any atom is 0.335 e. The van der Waals surface area contributed by atoms with Crippen molar-refractivity contribution in [1.82, 2.24) is 0 Å². The number of halogens is 1. The van der Waals surface area contributed by atoms with Crippen LogP contribution >= 0.6 is 9.24 Å². The first kappa shape index (κ1) is 17.8. The molecule has 0 amide bonds. The lowest BCUT2D eigenvalue weighted by atomic mass is 10.0. The topological polar surface area (TPSA) is 52.6 Å². The Morgan fingerprint density at radius 1 is 1.21 bits per heavy atom. The Hall–Kier alpha value is -2.52.